The van der Waals surface area contributed by atoms with Gasteiger partial charge in [0, 0.05) is 13.0 Å². The van der Waals surface area contributed by atoms with Gasteiger partial charge in [0.05, 0.1) is 18.8 Å². The molecular formula is C25H25F3O7. The Kier molecular flexibility index (Phi) is 10.8. The molecule has 0 spiro atoms. The van der Waals surface area contributed by atoms with Crippen LogP contribution in [-0.4, -0.2) is 37.5 Å². The lowest BCUT2D eigenvalue weighted by Gasteiger charge is -2.09. The maximum Gasteiger partial charge on any atom is 0.573 e. The summed E-state index contributed by atoms with van der Waals surface area (Å²) in [6.45, 7) is 2.04. The van der Waals surface area contributed by atoms with Crippen molar-refractivity contribution in [3.05, 3.63) is 65.7 Å². The van der Waals surface area contributed by atoms with Gasteiger partial charge in [-0.05, 0) is 73.7 Å². The van der Waals surface area contributed by atoms with Crippen LogP contribution < -0.4 is 9.47 Å². The minimum Gasteiger partial charge on any atom is -0.466 e. The summed E-state index contributed by atoms with van der Waals surface area (Å²) >= 11 is 0. The number of halogens is 3. The summed E-state index contributed by atoms with van der Waals surface area (Å²) in [7, 11) is 0. The smallest absolute Gasteiger partial charge is 0.466 e. The predicted octanol–water partition coefficient (Wildman–Crippen LogP) is 5.48. The fourth-order valence-corrected chi connectivity index (χ4v) is 2.76. The van der Waals surface area contributed by atoms with Gasteiger partial charge in [-0.25, -0.2) is 9.59 Å². The Morgan fingerprint density at radius 1 is 0.800 bits per heavy atom. The average Bonchev–Trinajstić information content (AvgIpc) is 2.79. The van der Waals surface area contributed by atoms with Gasteiger partial charge in [0.1, 0.15) is 11.5 Å². The Bertz CT molecular complexity index is 997. The Morgan fingerprint density at radius 3 is 1.94 bits per heavy atom. The van der Waals surface area contributed by atoms with E-state index in [1.54, 1.807) is 18.2 Å². The van der Waals surface area contributed by atoms with Gasteiger partial charge in [0.25, 0.3) is 0 Å². The molecule has 2 rings (SSSR count). The first-order chi connectivity index (χ1) is 16.6. The van der Waals surface area contributed by atoms with Crippen LogP contribution in [0.1, 0.15) is 48.5 Å². The second-order valence-electron chi connectivity index (χ2n) is 7.29. The SMILES string of the molecule is CC(=O)OCCCCCCOC(=O)/C=C/c1ccc(OC(=O)c2ccc(OC(F)(F)F)cc2)cc1. The fraction of sp³-hybridized carbons (Fsp3) is 0.320. The minimum atomic E-state index is -4.82. The number of alkyl halides is 3. The third-order valence-electron chi connectivity index (χ3n) is 4.41. The molecule has 0 aliphatic carbocycles. The monoisotopic (exact) mass is 494 g/mol. The van der Waals surface area contributed by atoms with Gasteiger partial charge in [-0.3, -0.25) is 4.79 Å². The number of carbonyl (C=O) groups is 3. The molecule has 0 heterocycles. The van der Waals surface area contributed by atoms with Crippen LogP contribution in [-0.2, 0) is 19.1 Å². The van der Waals surface area contributed by atoms with E-state index < -0.39 is 24.1 Å². The van der Waals surface area contributed by atoms with Crippen LogP contribution in [0.25, 0.3) is 6.08 Å². The van der Waals surface area contributed by atoms with E-state index >= 15 is 0 Å². The van der Waals surface area contributed by atoms with Crippen molar-refractivity contribution in [2.45, 2.75) is 39.0 Å². The topological polar surface area (TPSA) is 88.1 Å². The molecule has 188 valence electrons. The van der Waals surface area contributed by atoms with Gasteiger partial charge in [0.15, 0.2) is 0 Å². The third-order valence-corrected chi connectivity index (χ3v) is 4.41. The Balaban J connectivity index is 1.71. The maximum atomic E-state index is 12.2. The molecule has 0 fully saturated rings. The van der Waals surface area contributed by atoms with Crippen LogP contribution in [0.4, 0.5) is 13.2 Å². The molecule has 0 saturated carbocycles. The number of hydrogen-bond donors (Lipinski definition) is 0. The van der Waals surface area contributed by atoms with Crippen LogP contribution in [0.2, 0.25) is 0 Å². The van der Waals surface area contributed by atoms with Gasteiger partial charge in [-0.2, -0.15) is 0 Å². The number of unbranched alkanes of at least 4 members (excludes halogenated alkanes) is 3. The van der Waals surface area contributed by atoms with E-state index in [0.29, 0.717) is 18.6 Å². The minimum absolute atomic E-state index is 0.0515. The largest absolute Gasteiger partial charge is 0.573 e. The molecule has 0 saturated heterocycles. The van der Waals surface area contributed by atoms with Crippen molar-refractivity contribution >= 4 is 24.0 Å². The zero-order valence-electron chi connectivity index (χ0n) is 19.0. The van der Waals surface area contributed by atoms with Gasteiger partial charge >= 0.3 is 24.3 Å². The summed E-state index contributed by atoms with van der Waals surface area (Å²) in [5.41, 5.74) is 0.719. The Labute approximate surface area is 200 Å². The summed E-state index contributed by atoms with van der Waals surface area (Å²) in [6, 6.07) is 10.6. The number of benzene rings is 2. The summed E-state index contributed by atoms with van der Waals surface area (Å²) < 4.78 is 55.5. The number of hydrogen-bond acceptors (Lipinski definition) is 7. The fourth-order valence-electron chi connectivity index (χ4n) is 2.76. The highest BCUT2D eigenvalue weighted by molar-refractivity contribution is 5.91. The quantitative estimate of drug-likeness (QED) is 0.167. The molecule has 0 unspecified atom stereocenters. The second-order valence-corrected chi connectivity index (χ2v) is 7.29. The first-order valence-corrected chi connectivity index (χ1v) is 10.8. The normalized spacial score (nSPS) is 11.2. The average molecular weight is 494 g/mol. The van der Waals surface area contributed by atoms with Crippen molar-refractivity contribution in [3.63, 3.8) is 0 Å². The first kappa shape index (κ1) is 27.4. The molecule has 7 nitrogen and oxygen atoms in total. The maximum absolute atomic E-state index is 12.2. The molecule has 2 aromatic carbocycles. The molecule has 0 aliphatic rings. The lowest BCUT2D eigenvalue weighted by Crippen LogP contribution is -2.17. The van der Waals surface area contributed by atoms with E-state index in [0.717, 1.165) is 43.5 Å². The van der Waals surface area contributed by atoms with Gasteiger partial charge in [-0.1, -0.05) is 12.1 Å². The Hall–Kier alpha value is -3.82. The van der Waals surface area contributed by atoms with Crippen LogP contribution in [0.5, 0.6) is 11.5 Å². The molecule has 0 amide bonds. The molecule has 0 N–H and O–H groups in total. The van der Waals surface area contributed by atoms with E-state index in [-0.39, 0.29) is 23.9 Å². The molecule has 2 aromatic rings. The number of ether oxygens (including phenoxy) is 4. The Morgan fingerprint density at radius 2 is 1.37 bits per heavy atom. The highest BCUT2D eigenvalue weighted by Gasteiger charge is 2.31. The van der Waals surface area contributed by atoms with Crippen molar-refractivity contribution < 1.29 is 46.5 Å². The highest BCUT2D eigenvalue weighted by Crippen LogP contribution is 2.23. The van der Waals surface area contributed by atoms with E-state index in [4.69, 9.17) is 14.2 Å². The molecule has 35 heavy (non-hydrogen) atoms. The van der Waals surface area contributed by atoms with Crippen LogP contribution in [0.3, 0.4) is 0 Å². The lowest BCUT2D eigenvalue weighted by atomic mass is 10.2. The zero-order chi connectivity index (χ0) is 25.7. The summed E-state index contributed by atoms with van der Waals surface area (Å²) in [5.74, 6) is -1.76. The molecule has 0 bridgehead atoms. The summed E-state index contributed by atoms with van der Waals surface area (Å²) in [4.78, 5) is 34.6. The van der Waals surface area contributed by atoms with Crippen molar-refractivity contribution in [2.75, 3.05) is 13.2 Å². The second kappa shape index (κ2) is 13.8. The standard InChI is InChI=1S/C25H25F3O7/c1-18(29)32-16-4-2-3-5-17-33-23(30)15-8-19-6-11-21(12-7-19)34-24(31)20-9-13-22(14-10-20)35-25(26,27)28/h6-15H,2-5,16-17H2,1H3/b15-8+. The van der Waals surface area contributed by atoms with E-state index in [9.17, 15) is 27.6 Å². The molecule has 10 heteroatoms. The van der Waals surface area contributed by atoms with Crippen molar-refractivity contribution in [1.82, 2.24) is 0 Å². The summed E-state index contributed by atoms with van der Waals surface area (Å²) in [6.07, 6.45) is 1.21. The van der Waals surface area contributed by atoms with Crippen molar-refractivity contribution in [1.29, 1.82) is 0 Å². The lowest BCUT2D eigenvalue weighted by molar-refractivity contribution is -0.274. The molecule has 0 radical (unpaired) electrons. The molecular weight excluding hydrogens is 469 g/mol. The van der Waals surface area contributed by atoms with Crippen LogP contribution in [0.15, 0.2) is 54.6 Å². The van der Waals surface area contributed by atoms with Gasteiger partial charge < -0.3 is 18.9 Å². The zero-order valence-corrected chi connectivity index (χ0v) is 19.0. The van der Waals surface area contributed by atoms with E-state index in [1.807, 2.05) is 0 Å². The number of esters is 3. The first-order valence-electron chi connectivity index (χ1n) is 10.8. The summed E-state index contributed by atoms with van der Waals surface area (Å²) in [5, 5.41) is 0. The number of carbonyl (C=O) groups excluding carboxylic acids is 3. The predicted molar refractivity (Wildman–Crippen MR) is 120 cm³/mol. The van der Waals surface area contributed by atoms with Crippen molar-refractivity contribution in [3.8, 4) is 11.5 Å². The van der Waals surface area contributed by atoms with Crippen LogP contribution in [0, 0.1) is 0 Å². The van der Waals surface area contributed by atoms with Crippen molar-refractivity contribution in [2.24, 2.45) is 0 Å². The molecule has 0 atom stereocenters. The third kappa shape index (κ3) is 11.7. The van der Waals surface area contributed by atoms with E-state index in [1.165, 1.54) is 25.1 Å². The van der Waals surface area contributed by atoms with Gasteiger partial charge in [-0.15, -0.1) is 13.2 Å². The molecule has 0 aromatic heterocycles. The number of rotatable bonds is 12. The molecule has 0 aliphatic heterocycles. The van der Waals surface area contributed by atoms with Gasteiger partial charge in [0.2, 0.25) is 0 Å². The van der Waals surface area contributed by atoms with E-state index in [2.05, 4.69) is 4.74 Å². The van der Waals surface area contributed by atoms with Crippen LogP contribution >= 0.6 is 0 Å². The highest BCUT2D eigenvalue weighted by atomic mass is 19.4.